The summed E-state index contributed by atoms with van der Waals surface area (Å²) in [6, 6.07) is 12.3. The zero-order valence-electron chi connectivity index (χ0n) is 21.2. The highest BCUT2D eigenvalue weighted by Crippen LogP contribution is 2.34. The number of anilines is 2. The molecule has 2 aliphatic rings. The van der Waals surface area contributed by atoms with Gasteiger partial charge in [0.2, 0.25) is 5.91 Å². The van der Waals surface area contributed by atoms with Crippen molar-refractivity contribution in [3.63, 3.8) is 0 Å². The van der Waals surface area contributed by atoms with Gasteiger partial charge in [-0.05, 0) is 53.7 Å². The normalized spacial score (nSPS) is 16.0. The topological polar surface area (TPSA) is 66.0 Å². The number of ether oxygens (including phenoxy) is 1. The maximum atomic E-state index is 12.6. The number of aromatic nitrogens is 1. The molecule has 1 saturated heterocycles. The molecule has 0 N–H and O–H groups in total. The first-order chi connectivity index (χ1) is 18.0. The average Bonchev–Trinajstić information content (AvgIpc) is 3.47. The van der Waals surface area contributed by atoms with Crippen molar-refractivity contribution in [2.75, 3.05) is 49.3 Å². The Labute approximate surface area is 227 Å². The minimum atomic E-state index is -0.263. The van der Waals surface area contributed by atoms with E-state index in [0.29, 0.717) is 17.9 Å². The molecule has 5 rings (SSSR count). The molecule has 3 aromatic rings. The number of carbonyl (C=O) groups is 2. The van der Waals surface area contributed by atoms with Crippen LogP contribution in [0.5, 0.6) is 0 Å². The molecule has 2 aliphatic heterocycles. The molecule has 1 amide bonds. The fourth-order valence-corrected chi connectivity index (χ4v) is 6.12. The number of amides is 1. The molecule has 7 nitrogen and oxygen atoms in total. The summed E-state index contributed by atoms with van der Waals surface area (Å²) in [4.78, 5) is 31.0. The summed E-state index contributed by atoms with van der Waals surface area (Å²) in [5.41, 5.74) is 2.76. The number of carbonyl (C=O) groups excluding carboxylic acids is 2. The lowest BCUT2D eigenvalue weighted by Gasteiger charge is -2.35. The number of esters is 1. The van der Waals surface area contributed by atoms with Crippen LogP contribution in [0.1, 0.15) is 43.7 Å². The largest absolute Gasteiger partial charge is 0.444 e. The Kier molecular flexibility index (Phi) is 8.27. The maximum absolute atomic E-state index is 12.6. The third kappa shape index (κ3) is 5.92. The van der Waals surface area contributed by atoms with Gasteiger partial charge in [0.25, 0.3) is 0 Å². The number of piperazine rings is 1. The number of halogens is 1. The van der Waals surface area contributed by atoms with Crippen LogP contribution in [0.25, 0.3) is 10.1 Å². The quantitative estimate of drug-likeness (QED) is 0.257. The lowest BCUT2D eigenvalue weighted by Crippen LogP contribution is -2.47. The number of benzene rings is 2. The predicted octanol–water partition coefficient (Wildman–Crippen LogP) is 5.28. The van der Waals surface area contributed by atoms with Gasteiger partial charge in [-0.1, -0.05) is 49.6 Å². The number of rotatable bonds is 10. The highest BCUT2D eigenvalue weighted by Gasteiger charge is 2.29. The highest BCUT2D eigenvalue weighted by atomic mass is 35.5. The Morgan fingerprint density at radius 2 is 1.95 bits per heavy atom. The second kappa shape index (κ2) is 11.8. The Morgan fingerprint density at radius 1 is 1.14 bits per heavy atom. The summed E-state index contributed by atoms with van der Waals surface area (Å²) < 4.78 is 11.3. The fraction of sp³-hybridized carbons (Fsp3) is 0.464. The Bertz CT molecular complexity index is 1270. The first kappa shape index (κ1) is 25.9. The molecule has 9 heteroatoms. The molecule has 3 heterocycles. The molecular formula is C28H33ClN4O3S. The summed E-state index contributed by atoms with van der Waals surface area (Å²) in [5.74, 6) is 0.776. The molecule has 37 heavy (non-hydrogen) atoms. The molecule has 2 aromatic carbocycles. The standard InChI is InChI=1S/C28H33ClN4O3S/c1-2-3-4-9-27(35)36-19-33-24-18-23(29)20(16-21(24)17-26(33)34)10-11-31-12-14-32(15-13-31)28-22-7-5-6-8-25(22)37-30-28/h5-8,16,18H,2-4,9-15,17,19H2,1H3. The second-order valence-corrected chi connectivity index (χ2v) is 11.0. The molecule has 0 spiro atoms. The molecule has 0 bridgehead atoms. The number of hydrogen-bond donors (Lipinski definition) is 0. The van der Waals surface area contributed by atoms with Crippen molar-refractivity contribution in [2.24, 2.45) is 0 Å². The molecule has 1 fully saturated rings. The van der Waals surface area contributed by atoms with Gasteiger partial charge in [-0.15, -0.1) is 0 Å². The molecular weight excluding hydrogens is 508 g/mol. The van der Waals surface area contributed by atoms with E-state index < -0.39 is 0 Å². The third-order valence-corrected chi connectivity index (χ3v) is 8.42. The first-order valence-corrected chi connectivity index (χ1v) is 14.3. The van der Waals surface area contributed by atoms with Gasteiger partial charge in [0.05, 0.1) is 16.8 Å². The zero-order valence-corrected chi connectivity index (χ0v) is 22.8. The van der Waals surface area contributed by atoms with Crippen molar-refractivity contribution in [3.8, 4) is 0 Å². The molecule has 0 radical (unpaired) electrons. The first-order valence-electron chi connectivity index (χ1n) is 13.1. The van der Waals surface area contributed by atoms with Gasteiger partial charge in [-0.25, -0.2) is 0 Å². The molecule has 0 unspecified atom stereocenters. The van der Waals surface area contributed by atoms with Gasteiger partial charge in [0.1, 0.15) is 5.82 Å². The smallest absolute Gasteiger partial charge is 0.307 e. The average molecular weight is 541 g/mol. The lowest BCUT2D eigenvalue weighted by molar-refractivity contribution is -0.144. The van der Waals surface area contributed by atoms with E-state index in [1.807, 2.05) is 6.07 Å². The Balaban J connectivity index is 1.14. The van der Waals surface area contributed by atoms with Gasteiger partial charge >= 0.3 is 5.97 Å². The van der Waals surface area contributed by atoms with E-state index in [0.717, 1.165) is 81.0 Å². The number of fused-ring (bicyclic) bond motifs is 2. The third-order valence-electron chi connectivity index (χ3n) is 7.25. The van der Waals surface area contributed by atoms with Gasteiger partial charge < -0.3 is 9.64 Å². The SMILES string of the molecule is CCCCCC(=O)OCN1C(=O)Cc2cc(CCN3CCN(c4nsc5ccccc45)CC3)c(Cl)cc21. The van der Waals surface area contributed by atoms with Crippen molar-refractivity contribution in [1.82, 2.24) is 9.27 Å². The second-order valence-electron chi connectivity index (χ2n) is 9.75. The van der Waals surface area contributed by atoms with E-state index in [1.54, 1.807) is 11.5 Å². The predicted molar refractivity (Wildman–Crippen MR) is 150 cm³/mol. The van der Waals surface area contributed by atoms with Crippen LogP contribution < -0.4 is 9.80 Å². The van der Waals surface area contributed by atoms with Crippen LogP contribution in [-0.4, -0.2) is 60.6 Å². The number of nitrogens with zero attached hydrogens (tertiary/aromatic N) is 4. The van der Waals surface area contributed by atoms with E-state index in [-0.39, 0.29) is 18.6 Å². The minimum Gasteiger partial charge on any atom is -0.444 e. The molecule has 0 saturated carbocycles. The monoisotopic (exact) mass is 540 g/mol. The number of hydrogen-bond acceptors (Lipinski definition) is 7. The molecule has 1 aromatic heterocycles. The fourth-order valence-electron chi connectivity index (χ4n) is 5.07. The molecule has 196 valence electrons. The highest BCUT2D eigenvalue weighted by molar-refractivity contribution is 7.13. The minimum absolute atomic E-state index is 0.0506. The Morgan fingerprint density at radius 3 is 2.76 bits per heavy atom. The van der Waals surface area contributed by atoms with E-state index >= 15 is 0 Å². The van der Waals surface area contributed by atoms with Gasteiger partial charge in [-0.3, -0.25) is 19.4 Å². The molecule has 0 atom stereocenters. The van der Waals surface area contributed by atoms with Crippen LogP contribution >= 0.6 is 23.1 Å². The van der Waals surface area contributed by atoms with Gasteiger partial charge in [-0.2, -0.15) is 4.37 Å². The van der Waals surface area contributed by atoms with E-state index in [2.05, 4.69) is 47.1 Å². The van der Waals surface area contributed by atoms with Gasteiger partial charge in [0.15, 0.2) is 6.73 Å². The van der Waals surface area contributed by atoms with Crippen LogP contribution in [0.2, 0.25) is 5.02 Å². The van der Waals surface area contributed by atoms with Crippen molar-refractivity contribution in [2.45, 2.75) is 45.4 Å². The lowest BCUT2D eigenvalue weighted by atomic mass is 10.1. The summed E-state index contributed by atoms with van der Waals surface area (Å²) in [6.07, 6.45) is 4.38. The van der Waals surface area contributed by atoms with E-state index in [1.165, 1.54) is 15.0 Å². The number of unbranched alkanes of at least 4 members (excludes halogenated alkanes) is 2. The summed E-state index contributed by atoms with van der Waals surface area (Å²) in [7, 11) is 0. The van der Waals surface area contributed by atoms with Gasteiger partial charge in [0, 0.05) is 49.6 Å². The van der Waals surface area contributed by atoms with Crippen molar-refractivity contribution < 1.29 is 14.3 Å². The maximum Gasteiger partial charge on any atom is 0.307 e. The van der Waals surface area contributed by atoms with Crippen molar-refractivity contribution in [3.05, 3.63) is 52.5 Å². The zero-order chi connectivity index (χ0) is 25.8. The summed E-state index contributed by atoms with van der Waals surface area (Å²) >= 11 is 8.22. The Hall–Kier alpha value is -2.68. The van der Waals surface area contributed by atoms with Crippen molar-refractivity contribution in [1.29, 1.82) is 0 Å². The van der Waals surface area contributed by atoms with Crippen LogP contribution in [-0.2, 0) is 27.2 Å². The molecule has 0 aliphatic carbocycles. The van der Waals surface area contributed by atoms with Crippen molar-refractivity contribution >= 4 is 56.6 Å². The van der Waals surface area contributed by atoms with E-state index in [4.69, 9.17) is 20.7 Å². The van der Waals surface area contributed by atoms with E-state index in [9.17, 15) is 9.59 Å². The summed E-state index contributed by atoms with van der Waals surface area (Å²) in [5, 5.41) is 1.89. The van der Waals surface area contributed by atoms with Crippen LogP contribution in [0, 0.1) is 0 Å². The van der Waals surface area contributed by atoms with Crippen LogP contribution in [0.3, 0.4) is 0 Å². The summed E-state index contributed by atoms with van der Waals surface area (Å²) in [6.45, 7) is 6.81. The van der Waals surface area contributed by atoms with Crippen LogP contribution in [0.4, 0.5) is 11.5 Å². The van der Waals surface area contributed by atoms with Crippen LogP contribution in [0.15, 0.2) is 36.4 Å².